The average Bonchev–Trinajstić information content (AvgIpc) is 3.16. The first-order chi connectivity index (χ1) is 12.5. The molecule has 0 aliphatic heterocycles. The number of benzene rings is 2. The van der Waals surface area contributed by atoms with Gasteiger partial charge in [0.15, 0.2) is 0 Å². The summed E-state index contributed by atoms with van der Waals surface area (Å²) in [6.07, 6.45) is 3.07. The van der Waals surface area contributed by atoms with Gasteiger partial charge < -0.3 is 4.18 Å². The van der Waals surface area contributed by atoms with Crippen molar-refractivity contribution in [2.75, 3.05) is 0 Å². The Morgan fingerprint density at radius 3 is 2.62 bits per heavy atom. The molecular weight excluding hydrogens is 354 g/mol. The third kappa shape index (κ3) is 3.00. The van der Waals surface area contributed by atoms with Crippen LogP contribution in [0.15, 0.2) is 66.0 Å². The van der Waals surface area contributed by atoms with Crippen molar-refractivity contribution in [3.05, 3.63) is 66.6 Å². The van der Waals surface area contributed by atoms with Gasteiger partial charge in [0, 0.05) is 11.6 Å². The van der Waals surface area contributed by atoms with Gasteiger partial charge in [-0.1, -0.05) is 12.1 Å². The first kappa shape index (κ1) is 16.2. The number of hydrogen-bond acceptors (Lipinski definition) is 7. The molecule has 0 unspecified atom stereocenters. The summed E-state index contributed by atoms with van der Waals surface area (Å²) >= 11 is 0. The Labute approximate surface area is 149 Å². The summed E-state index contributed by atoms with van der Waals surface area (Å²) in [5, 5.41) is 11.6. The third-order valence-electron chi connectivity index (χ3n) is 3.74. The van der Waals surface area contributed by atoms with E-state index in [0.29, 0.717) is 11.2 Å². The minimum atomic E-state index is -4.03. The van der Waals surface area contributed by atoms with E-state index in [0.717, 1.165) is 10.9 Å². The van der Waals surface area contributed by atoms with Crippen molar-refractivity contribution in [3.8, 4) is 11.4 Å². The molecular formula is C17H13N5O3S. The van der Waals surface area contributed by atoms with Crippen LogP contribution in [0.4, 0.5) is 0 Å². The lowest BCUT2D eigenvalue weighted by molar-refractivity contribution is 0.487. The Morgan fingerprint density at radius 1 is 1.08 bits per heavy atom. The van der Waals surface area contributed by atoms with Gasteiger partial charge in [-0.05, 0) is 59.3 Å². The summed E-state index contributed by atoms with van der Waals surface area (Å²) in [6, 6.07) is 13.2. The van der Waals surface area contributed by atoms with Crippen LogP contribution in [0.5, 0.6) is 5.75 Å². The quantitative estimate of drug-likeness (QED) is 0.510. The fourth-order valence-electron chi connectivity index (χ4n) is 2.55. The van der Waals surface area contributed by atoms with Gasteiger partial charge in [-0.3, -0.25) is 4.98 Å². The lowest BCUT2D eigenvalue weighted by Crippen LogP contribution is -2.11. The number of fused-ring (bicyclic) bond motifs is 1. The van der Waals surface area contributed by atoms with Crippen LogP contribution in [0.3, 0.4) is 0 Å². The zero-order valence-corrected chi connectivity index (χ0v) is 14.5. The third-order valence-corrected chi connectivity index (χ3v) is 5.02. The molecule has 0 aliphatic carbocycles. The van der Waals surface area contributed by atoms with E-state index >= 15 is 0 Å². The zero-order chi connectivity index (χ0) is 18.1. The largest absolute Gasteiger partial charge is 0.379 e. The van der Waals surface area contributed by atoms with Gasteiger partial charge in [0.05, 0.1) is 11.2 Å². The number of para-hydroxylation sites is 1. The predicted molar refractivity (Wildman–Crippen MR) is 93.4 cm³/mol. The molecule has 9 heteroatoms. The molecule has 0 saturated heterocycles. The molecule has 130 valence electrons. The topological polar surface area (TPSA) is 99.9 Å². The summed E-state index contributed by atoms with van der Waals surface area (Å²) in [5.41, 5.74) is 2.01. The van der Waals surface area contributed by atoms with Crippen molar-refractivity contribution in [2.45, 2.75) is 11.8 Å². The molecule has 0 N–H and O–H groups in total. The summed E-state index contributed by atoms with van der Waals surface area (Å²) in [6.45, 7) is 1.90. The van der Waals surface area contributed by atoms with Gasteiger partial charge in [-0.2, -0.15) is 8.42 Å². The average molecular weight is 367 g/mol. The van der Waals surface area contributed by atoms with Crippen LogP contribution in [-0.4, -0.2) is 33.6 Å². The normalized spacial score (nSPS) is 11.6. The molecule has 4 rings (SSSR count). The summed E-state index contributed by atoms with van der Waals surface area (Å²) in [4.78, 5) is 4.28. The second kappa shape index (κ2) is 6.19. The summed E-state index contributed by atoms with van der Waals surface area (Å²) in [5.74, 6) is 0.186. The maximum absolute atomic E-state index is 12.7. The minimum Gasteiger partial charge on any atom is -0.379 e. The Morgan fingerprint density at radius 2 is 1.88 bits per heavy atom. The zero-order valence-electron chi connectivity index (χ0n) is 13.6. The maximum Gasteiger partial charge on any atom is 0.341 e. The lowest BCUT2D eigenvalue weighted by atomic mass is 10.2. The van der Waals surface area contributed by atoms with E-state index in [9.17, 15) is 8.42 Å². The van der Waals surface area contributed by atoms with Gasteiger partial charge in [-0.15, -0.1) is 5.10 Å². The summed E-state index contributed by atoms with van der Waals surface area (Å²) < 4.78 is 32.2. The fourth-order valence-corrected chi connectivity index (χ4v) is 3.66. The lowest BCUT2D eigenvalue weighted by Gasteiger charge is -2.10. The van der Waals surface area contributed by atoms with Gasteiger partial charge in [0.25, 0.3) is 0 Å². The van der Waals surface area contributed by atoms with Crippen LogP contribution in [0.2, 0.25) is 0 Å². The van der Waals surface area contributed by atoms with E-state index in [-0.39, 0.29) is 10.6 Å². The molecule has 0 aliphatic rings. The van der Waals surface area contributed by atoms with Crippen LogP contribution < -0.4 is 4.18 Å². The van der Waals surface area contributed by atoms with Crippen molar-refractivity contribution in [3.63, 3.8) is 0 Å². The number of nitrogens with zero attached hydrogens (tertiary/aromatic N) is 5. The highest BCUT2D eigenvalue weighted by Gasteiger charge is 2.20. The highest BCUT2D eigenvalue weighted by Crippen LogP contribution is 2.25. The van der Waals surface area contributed by atoms with Gasteiger partial charge in [-0.25, -0.2) is 4.68 Å². The molecule has 4 aromatic rings. The second-order valence-corrected chi connectivity index (χ2v) is 7.14. The SMILES string of the molecule is Cc1cnc2c(S(=O)(=O)Oc3ccc(-n4cnnn4)cc3)cccc2c1. The molecule has 0 fully saturated rings. The molecule has 0 saturated carbocycles. The first-order valence-corrected chi connectivity index (χ1v) is 9.07. The molecule has 0 amide bonds. The molecule has 0 radical (unpaired) electrons. The molecule has 2 aromatic carbocycles. The molecule has 0 bridgehead atoms. The first-order valence-electron chi connectivity index (χ1n) is 7.66. The molecule has 0 atom stereocenters. The van der Waals surface area contributed by atoms with E-state index in [1.807, 2.05) is 19.1 Å². The number of pyridine rings is 1. The number of tetrazole rings is 1. The Balaban J connectivity index is 1.68. The van der Waals surface area contributed by atoms with Gasteiger partial charge in [0.1, 0.15) is 17.0 Å². The Hall–Kier alpha value is -3.33. The van der Waals surface area contributed by atoms with Crippen LogP contribution in [-0.2, 0) is 10.1 Å². The minimum absolute atomic E-state index is 0.0274. The summed E-state index contributed by atoms with van der Waals surface area (Å²) in [7, 11) is -4.03. The van der Waals surface area contributed by atoms with Crippen LogP contribution in [0, 0.1) is 6.92 Å². The monoisotopic (exact) mass is 367 g/mol. The number of aromatic nitrogens is 5. The van der Waals surface area contributed by atoms with E-state index in [2.05, 4.69) is 20.5 Å². The van der Waals surface area contributed by atoms with Gasteiger partial charge in [0.2, 0.25) is 0 Å². The predicted octanol–water partition coefficient (Wildman–Crippen LogP) is 2.29. The van der Waals surface area contributed by atoms with Crippen molar-refractivity contribution in [1.29, 1.82) is 0 Å². The van der Waals surface area contributed by atoms with E-state index in [1.54, 1.807) is 24.4 Å². The van der Waals surface area contributed by atoms with E-state index < -0.39 is 10.1 Å². The molecule has 2 aromatic heterocycles. The van der Waals surface area contributed by atoms with Crippen LogP contribution in [0.1, 0.15) is 5.56 Å². The molecule has 2 heterocycles. The fraction of sp³-hybridized carbons (Fsp3) is 0.0588. The smallest absolute Gasteiger partial charge is 0.341 e. The number of hydrogen-bond donors (Lipinski definition) is 0. The van der Waals surface area contributed by atoms with Crippen molar-refractivity contribution >= 4 is 21.0 Å². The van der Waals surface area contributed by atoms with Crippen molar-refractivity contribution in [1.82, 2.24) is 25.2 Å². The molecule has 8 nitrogen and oxygen atoms in total. The van der Waals surface area contributed by atoms with E-state index in [1.165, 1.54) is 29.2 Å². The van der Waals surface area contributed by atoms with Gasteiger partial charge >= 0.3 is 10.1 Å². The number of rotatable bonds is 4. The van der Waals surface area contributed by atoms with Crippen LogP contribution >= 0.6 is 0 Å². The maximum atomic E-state index is 12.7. The van der Waals surface area contributed by atoms with Crippen molar-refractivity contribution in [2.24, 2.45) is 0 Å². The highest BCUT2D eigenvalue weighted by molar-refractivity contribution is 7.87. The highest BCUT2D eigenvalue weighted by atomic mass is 32.2. The van der Waals surface area contributed by atoms with E-state index in [4.69, 9.17) is 4.18 Å². The van der Waals surface area contributed by atoms with Crippen molar-refractivity contribution < 1.29 is 12.6 Å². The molecule has 26 heavy (non-hydrogen) atoms. The Bertz CT molecular complexity index is 1170. The molecule has 0 spiro atoms. The standard InChI is InChI=1S/C17H13N5O3S/c1-12-9-13-3-2-4-16(17(13)18-10-12)26(23,24)25-15-7-5-14(6-8-15)22-11-19-20-21-22/h2-11H,1H3. The Kier molecular flexibility index (Phi) is 3.85. The number of aryl methyl sites for hydroxylation is 1. The second-order valence-electron chi connectivity index (χ2n) is 5.63. The van der Waals surface area contributed by atoms with Crippen LogP contribution in [0.25, 0.3) is 16.6 Å².